The van der Waals surface area contributed by atoms with Crippen LogP contribution in [0.3, 0.4) is 0 Å². The SMILES string of the molecule is CC1CC1CN(C)CCC(N)c1ccccc1Br. The molecule has 2 nitrogen and oxygen atoms in total. The summed E-state index contributed by atoms with van der Waals surface area (Å²) in [6, 6.07) is 8.37. The maximum atomic E-state index is 6.26. The quantitative estimate of drug-likeness (QED) is 0.872. The Labute approximate surface area is 119 Å². The first kappa shape index (κ1) is 14.0. The van der Waals surface area contributed by atoms with E-state index in [9.17, 15) is 0 Å². The average molecular weight is 311 g/mol. The molecule has 1 saturated carbocycles. The summed E-state index contributed by atoms with van der Waals surface area (Å²) >= 11 is 3.57. The zero-order valence-corrected chi connectivity index (χ0v) is 12.9. The van der Waals surface area contributed by atoms with E-state index in [-0.39, 0.29) is 6.04 Å². The Morgan fingerprint density at radius 2 is 2.11 bits per heavy atom. The van der Waals surface area contributed by atoms with Gasteiger partial charge in [-0.25, -0.2) is 0 Å². The molecule has 2 N–H and O–H groups in total. The number of rotatable bonds is 6. The molecular weight excluding hydrogens is 288 g/mol. The van der Waals surface area contributed by atoms with Crippen LogP contribution in [0.25, 0.3) is 0 Å². The molecule has 2 rings (SSSR count). The Hall–Kier alpha value is -0.380. The third-order valence-electron chi connectivity index (χ3n) is 3.95. The van der Waals surface area contributed by atoms with Crippen LogP contribution >= 0.6 is 15.9 Å². The summed E-state index contributed by atoms with van der Waals surface area (Å²) < 4.78 is 1.12. The second-order valence-corrected chi connectivity index (χ2v) is 6.51. The Balaban J connectivity index is 1.77. The van der Waals surface area contributed by atoms with E-state index in [4.69, 9.17) is 5.73 Å². The molecule has 1 fully saturated rings. The zero-order chi connectivity index (χ0) is 13.1. The maximum Gasteiger partial charge on any atom is 0.0318 e. The Bertz CT molecular complexity index is 394. The molecule has 0 radical (unpaired) electrons. The summed E-state index contributed by atoms with van der Waals surface area (Å²) in [5.41, 5.74) is 7.47. The molecule has 0 saturated heterocycles. The number of benzene rings is 1. The van der Waals surface area contributed by atoms with Crippen molar-refractivity contribution in [3.05, 3.63) is 34.3 Å². The van der Waals surface area contributed by atoms with Gasteiger partial charge in [0.15, 0.2) is 0 Å². The van der Waals surface area contributed by atoms with E-state index >= 15 is 0 Å². The summed E-state index contributed by atoms with van der Waals surface area (Å²) in [5, 5.41) is 0. The van der Waals surface area contributed by atoms with Gasteiger partial charge in [0.1, 0.15) is 0 Å². The van der Waals surface area contributed by atoms with Crippen molar-refractivity contribution in [2.24, 2.45) is 17.6 Å². The van der Waals surface area contributed by atoms with E-state index in [0.717, 1.165) is 29.3 Å². The Morgan fingerprint density at radius 3 is 2.72 bits per heavy atom. The molecule has 0 aliphatic heterocycles. The normalized spacial score (nSPS) is 24.3. The molecule has 1 aliphatic rings. The van der Waals surface area contributed by atoms with Gasteiger partial charge in [-0.15, -0.1) is 0 Å². The first-order valence-electron chi connectivity index (χ1n) is 6.76. The number of nitrogens with two attached hydrogens (primary N) is 1. The van der Waals surface area contributed by atoms with Gasteiger partial charge in [-0.05, 0) is 49.9 Å². The molecule has 0 heterocycles. The van der Waals surface area contributed by atoms with Crippen LogP contribution in [0.2, 0.25) is 0 Å². The van der Waals surface area contributed by atoms with Crippen LogP contribution in [0.4, 0.5) is 0 Å². The second-order valence-electron chi connectivity index (χ2n) is 5.65. The van der Waals surface area contributed by atoms with Gasteiger partial charge < -0.3 is 10.6 Å². The Kier molecular flexibility index (Phi) is 4.82. The van der Waals surface area contributed by atoms with E-state index in [1.54, 1.807) is 0 Å². The fourth-order valence-electron chi connectivity index (χ4n) is 2.44. The molecule has 0 aromatic heterocycles. The van der Waals surface area contributed by atoms with Gasteiger partial charge in [-0.2, -0.15) is 0 Å². The van der Waals surface area contributed by atoms with Crippen LogP contribution in [-0.4, -0.2) is 25.0 Å². The molecular formula is C15H23BrN2. The largest absolute Gasteiger partial charge is 0.324 e. The van der Waals surface area contributed by atoms with Crippen molar-refractivity contribution in [1.29, 1.82) is 0 Å². The highest BCUT2D eigenvalue weighted by molar-refractivity contribution is 9.10. The lowest BCUT2D eigenvalue weighted by atomic mass is 10.0. The highest BCUT2D eigenvalue weighted by Gasteiger charge is 2.32. The number of halogens is 1. The smallest absolute Gasteiger partial charge is 0.0318 e. The first-order chi connectivity index (χ1) is 8.58. The fraction of sp³-hybridized carbons (Fsp3) is 0.600. The summed E-state index contributed by atoms with van der Waals surface area (Å²) in [6.07, 6.45) is 2.42. The van der Waals surface area contributed by atoms with Crippen LogP contribution in [0.15, 0.2) is 28.7 Å². The van der Waals surface area contributed by atoms with E-state index < -0.39 is 0 Å². The van der Waals surface area contributed by atoms with Crippen molar-refractivity contribution in [1.82, 2.24) is 4.90 Å². The standard InChI is InChI=1S/C15H23BrN2/c1-11-9-12(11)10-18(2)8-7-15(17)13-5-3-4-6-14(13)16/h3-6,11-12,15H,7-10,17H2,1-2H3. The monoisotopic (exact) mass is 310 g/mol. The highest BCUT2D eigenvalue weighted by Crippen LogP contribution is 2.38. The summed E-state index contributed by atoms with van der Waals surface area (Å²) in [7, 11) is 2.21. The van der Waals surface area contributed by atoms with Crippen LogP contribution in [0, 0.1) is 11.8 Å². The van der Waals surface area contributed by atoms with Gasteiger partial charge in [0.05, 0.1) is 0 Å². The topological polar surface area (TPSA) is 29.3 Å². The van der Waals surface area contributed by atoms with Crippen molar-refractivity contribution in [2.75, 3.05) is 20.1 Å². The highest BCUT2D eigenvalue weighted by atomic mass is 79.9. The van der Waals surface area contributed by atoms with Gasteiger partial charge in [0, 0.05) is 17.1 Å². The zero-order valence-electron chi connectivity index (χ0n) is 11.3. The molecule has 0 spiro atoms. The van der Waals surface area contributed by atoms with E-state index in [1.165, 1.54) is 18.5 Å². The van der Waals surface area contributed by atoms with Crippen LogP contribution in [-0.2, 0) is 0 Å². The fourth-order valence-corrected chi connectivity index (χ4v) is 3.01. The van der Waals surface area contributed by atoms with Crippen LogP contribution in [0.1, 0.15) is 31.4 Å². The van der Waals surface area contributed by atoms with Crippen molar-refractivity contribution in [3.63, 3.8) is 0 Å². The van der Waals surface area contributed by atoms with Crippen molar-refractivity contribution in [2.45, 2.75) is 25.8 Å². The van der Waals surface area contributed by atoms with E-state index in [0.29, 0.717) is 0 Å². The lowest BCUT2D eigenvalue weighted by molar-refractivity contribution is 0.301. The minimum Gasteiger partial charge on any atom is -0.324 e. The third-order valence-corrected chi connectivity index (χ3v) is 4.67. The van der Waals surface area contributed by atoms with Crippen molar-refractivity contribution >= 4 is 15.9 Å². The van der Waals surface area contributed by atoms with Gasteiger partial charge in [0.25, 0.3) is 0 Å². The van der Waals surface area contributed by atoms with Gasteiger partial charge in [-0.1, -0.05) is 41.1 Å². The minimum absolute atomic E-state index is 0.125. The summed E-state index contributed by atoms with van der Waals surface area (Å²) in [5.74, 6) is 1.86. The number of hydrogen-bond acceptors (Lipinski definition) is 2. The number of hydrogen-bond donors (Lipinski definition) is 1. The van der Waals surface area contributed by atoms with E-state index in [1.807, 2.05) is 6.07 Å². The molecule has 3 atom stereocenters. The molecule has 100 valence electrons. The molecule has 1 aliphatic carbocycles. The summed E-state index contributed by atoms with van der Waals surface area (Å²) in [4.78, 5) is 2.42. The Morgan fingerprint density at radius 1 is 1.44 bits per heavy atom. The van der Waals surface area contributed by atoms with Gasteiger partial charge >= 0.3 is 0 Å². The molecule has 0 amide bonds. The average Bonchev–Trinajstić information content (AvgIpc) is 3.02. The second kappa shape index (κ2) is 6.18. The van der Waals surface area contributed by atoms with Crippen molar-refractivity contribution < 1.29 is 0 Å². The van der Waals surface area contributed by atoms with Crippen LogP contribution < -0.4 is 5.73 Å². The van der Waals surface area contributed by atoms with Gasteiger partial charge in [0.2, 0.25) is 0 Å². The van der Waals surface area contributed by atoms with Gasteiger partial charge in [-0.3, -0.25) is 0 Å². The first-order valence-corrected chi connectivity index (χ1v) is 7.55. The molecule has 0 bridgehead atoms. The molecule has 3 unspecified atom stereocenters. The molecule has 1 aromatic rings. The maximum absolute atomic E-state index is 6.26. The predicted molar refractivity (Wildman–Crippen MR) is 80.5 cm³/mol. The molecule has 3 heteroatoms. The summed E-state index contributed by atoms with van der Waals surface area (Å²) in [6.45, 7) is 4.64. The van der Waals surface area contributed by atoms with Crippen LogP contribution in [0.5, 0.6) is 0 Å². The number of nitrogens with zero attached hydrogens (tertiary/aromatic N) is 1. The van der Waals surface area contributed by atoms with E-state index in [2.05, 4.69) is 53.0 Å². The predicted octanol–water partition coefficient (Wildman–Crippen LogP) is 3.43. The molecule has 18 heavy (non-hydrogen) atoms. The lowest BCUT2D eigenvalue weighted by Gasteiger charge is -2.20. The lowest BCUT2D eigenvalue weighted by Crippen LogP contribution is -2.26. The minimum atomic E-state index is 0.125. The molecule has 1 aromatic carbocycles. The third kappa shape index (κ3) is 3.81. The van der Waals surface area contributed by atoms with Crippen molar-refractivity contribution in [3.8, 4) is 0 Å².